The summed E-state index contributed by atoms with van der Waals surface area (Å²) in [6.45, 7) is 1.34. The van der Waals surface area contributed by atoms with Gasteiger partial charge in [-0.25, -0.2) is 9.78 Å². The number of likely N-dealkylation sites (tertiary alicyclic amines) is 1. The zero-order valence-electron chi connectivity index (χ0n) is 14.9. The molecule has 2 fully saturated rings. The summed E-state index contributed by atoms with van der Waals surface area (Å²) in [5, 5.41) is 2.58. The Kier molecular flexibility index (Phi) is 5.18. The quantitative estimate of drug-likeness (QED) is 0.737. The van der Waals surface area contributed by atoms with Crippen molar-refractivity contribution in [3.63, 3.8) is 0 Å². The van der Waals surface area contributed by atoms with E-state index < -0.39 is 11.7 Å². The van der Waals surface area contributed by atoms with Gasteiger partial charge in [0.25, 0.3) is 0 Å². The number of carbonyl (C=O) groups is 1. The standard InChI is InChI=1S/C19H19F3N2O3S/c20-19(21,22)14-2-1-3-15(8-14)27-16-6-12-9-24(10-13(12)7-16)18(25)26-11-17-23-4-5-28-17/h1-5,8,12-13,16H,6-7,9-11H2/t12-,13+,16?. The van der Waals surface area contributed by atoms with Crippen LogP contribution in [0.4, 0.5) is 18.0 Å². The number of nitrogens with zero attached hydrogens (tertiary/aromatic N) is 2. The number of thiazole rings is 1. The number of aromatic nitrogens is 1. The molecule has 1 aromatic heterocycles. The molecule has 5 nitrogen and oxygen atoms in total. The van der Waals surface area contributed by atoms with E-state index in [4.69, 9.17) is 9.47 Å². The predicted molar refractivity (Wildman–Crippen MR) is 95.9 cm³/mol. The van der Waals surface area contributed by atoms with Gasteiger partial charge < -0.3 is 14.4 Å². The van der Waals surface area contributed by atoms with Gasteiger partial charge in [0, 0.05) is 24.7 Å². The van der Waals surface area contributed by atoms with Crippen LogP contribution in [0.3, 0.4) is 0 Å². The van der Waals surface area contributed by atoms with Gasteiger partial charge in [-0.1, -0.05) is 6.07 Å². The molecule has 1 aliphatic carbocycles. The van der Waals surface area contributed by atoms with Gasteiger partial charge in [-0.15, -0.1) is 11.3 Å². The van der Waals surface area contributed by atoms with Crippen LogP contribution in [-0.4, -0.2) is 35.2 Å². The molecule has 1 amide bonds. The fourth-order valence-electron chi connectivity index (χ4n) is 3.97. The maximum absolute atomic E-state index is 12.8. The first-order valence-electron chi connectivity index (χ1n) is 9.02. The molecule has 0 radical (unpaired) electrons. The third-order valence-electron chi connectivity index (χ3n) is 5.23. The lowest BCUT2D eigenvalue weighted by molar-refractivity contribution is -0.137. The Morgan fingerprint density at radius 2 is 2.00 bits per heavy atom. The van der Waals surface area contributed by atoms with Crippen LogP contribution >= 0.6 is 11.3 Å². The van der Waals surface area contributed by atoms with Gasteiger partial charge in [0.2, 0.25) is 0 Å². The van der Waals surface area contributed by atoms with E-state index in [2.05, 4.69) is 4.98 Å². The monoisotopic (exact) mass is 412 g/mol. The third-order valence-corrected chi connectivity index (χ3v) is 5.99. The lowest BCUT2D eigenvalue weighted by Crippen LogP contribution is -2.31. The van der Waals surface area contributed by atoms with Crippen molar-refractivity contribution >= 4 is 17.4 Å². The van der Waals surface area contributed by atoms with E-state index in [9.17, 15) is 18.0 Å². The molecule has 1 aliphatic heterocycles. The molecular weight excluding hydrogens is 393 g/mol. The summed E-state index contributed by atoms with van der Waals surface area (Å²) in [6.07, 6.45) is -1.76. The van der Waals surface area contributed by atoms with Crippen LogP contribution in [0.25, 0.3) is 0 Å². The van der Waals surface area contributed by atoms with Gasteiger partial charge in [-0.3, -0.25) is 0 Å². The van der Waals surface area contributed by atoms with Crippen molar-refractivity contribution in [1.29, 1.82) is 0 Å². The Hall–Kier alpha value is -2.29. The third kappa shape index (κ3) is 4.24. The van der Waals surface area contributed by atoms with Crippen LogP contribution in [0.15, 0.2) is 35.8 Å². The summed E-state index contributed by atoms with van der Waals surface area (Å²) in [5.74, 6) is 0.797. The van der Waals surface area contributed by atoms with E-state index in [1.165, 1.54) is 17.4 Å². The Bertz CT molecular complexity index is 814. The summed E-state index contributed by atoms with van der Waals surface area (Å²) in [6, 6.07) is 4.97. The number of ether oxygens (including phenoxy) is 2. The van der Waals surface area contributed by atoms with E-state index in [1.807, 2.05) is 5.38 Å². The molecule has 2 heterocycles. The minimum absolute atomic E-state index is 0.132. The number of hydrogen-bond donors (Lipinski definition) is 0. The van der Waals surface area contributed by atoms with Gasteiger partial charge in [0.15, 0.2) is 0 Å². The molecular formula is C19H19F3N2O3S. The second kappa shape index (κ2) is 7.62. The number of fused-ring (bicyclic) bond motifs is 1. The maximum Gasteiger partial charge on any atom is 0.416 e. The Labute approximate surface area is 164 Å². The van der Waals surface area contributed by atoms with Gasteiger partial charge in [-0.05, 0) is 42.9 Å². The predicted octanol–water partition coefficient (Wildman–Crippen LogP) is 4.59. The number of rotatable bonds is 4. The lowest BCUT2D eigenvalue weighted by atomic mass is 10.0. The first-order chi connectivity index (χ1) is 13.4. The number of benzene rings is 1. The topological polar surface area (TPSA) is 51.7 Å². The van der Waals surface area contributed by atoms with Crippen LogP contribution in [0.2, 0.25) is 0 Å². The highest BCUT2D eigenvalue weighted by Crippen LogP contribution is 2.40. The Balaban J connectivity index is 1.28. The zero-order valence-corrected chi connectivity index (χ0v) is 15.7. The van der Waals surface area contributed by atoms with Gasteiger partial charge in [-0.2, -0.15) is 13.2 Å². The highest BCUT2D eigenvalue weighted by molar-refractivity contribution is 7.09. The normalized spacial score (nSPS) is 24.2. The van der Waals surface area contributed by atoms with E-state index in [-0.39, 0.29) is 36.4 Å². The fourth-order valence-corrected chi connectivity index (χ4v) is 4.49. The summed E-state index contributed by atoms with van der Waals surface area (Å²) >= 11 is 1.43. The van der Waals surface area contributed by atoms with Crippen molar-refractivity contribution < 1.29 is 27.4 Å². The number of carbonyl (C=O) groups excluding carboxylic acids is 1. The first-order valence-corrected chi connectivity index (χ1v) is 9.90. The Morgan fingerprint density at radius 1 is 1.25 bits per heavy atom. The molecule has 28 heavy (non-hydrogen) atoms. The minimum atomic E-state index is -4.38. The highest BCUT2D eigenvalue weighted by Gasteiger charge is 2.44. The average molecular weight is 412 g/mol. The minimum Gasteiger partial charge on any atom is -0.490 e. The number of alkyl halides is 3. The number of halogens is 3. The maximum atomic E-state index is 12.8. The van der Waals surface area contributed by atoms with Crippen LogP contribution in [0.1, 0.15) is 23.4 Å². The molecule has 1 saturated heterocycles. The molecule has 9 heteroatoms. The van der Waals surface area contributed by atoms with Crippen molar-refractivity contribution in [2.24, 2.45) is 11.8 Å². The summed E-state index contributed by atoms with van der Waals surface area (Å²) in [4.78, 5) is 18.0. The summed E-state index contributed by atoms with van der Waals surface area (Å²) in [5.41, 5.74) is -0.711. The lowest BCUT2D eigenvalue weighted by Gasteiger charge is -2.20. The first kappa shape index (κ1) is 19.0. The van der Waals surface area contributed by atoms with Crippen molar-refractivity contribution in [3.8, 4) is 5.75 Å². The van der Waals surface area contributed by atoms with Gasteiger partial charge in [0.1, 0.15) is 17.4 Å². The van der Waals surface area contributed by atoms with Crippen molar-refractivity contribution in [2.45, 2.75) is 31.7 Å². The van der Waals surface area contributed by atoms with Crippen LogP contribution in [0.5, 0.6) is 5.75 Å². The zero-order chi connectivity index (χ0) is 19.7. The molecule has 1 unspecified atom stereocenters. The molecule has 0 N–H and O–H groups in total. The molecule has 1 saturated carbocycles. The van der Waals surface area contributed by atoms with Crippen LogP contribution < -0.4 is 4.74 Å². The van der Waals surface area contributed by atoms with Crippen molar-refractivity contribution in [3.05, 3.63) is 46.4 Å². The molecule has 0 spiro atoms. The molecule has 2 aliphatic rings. The van der Waals surface area contributed by atoms with Gasteiger partial charge >= 0.3 is 12.3 Å². The molecule has 2 aromatic rings. The SMILES string of the molecule is O=C(OCc1nccs1)N1C[C@H]2CC(Oc3cccc(C(F)(F)F)c3)C[C@H]2C1. The largest absolute Gasteiger partial charge is 0.490 e. The number of hydrogen-bond acceptors (Lipinski definition) is 5. The summed E-state index contributed by atoms with van der Waals surface area (Å²) in [7, 11) is 0. The van der Waals surface area contributed by atoms with Crippen molar-refractivity contribution in [1.82, 2.24) is 9.88 Å². The van der Waals surface area contributed by atoms with Crippen LogP contribution in [-0.2, 0) is 17.5 Å². The Morgan fingerprint density at radius 3 is 2.64 bits per heavy atom. The second-order valence-corrected chi connectivity index (χ2v) is 8.12. The van der Waals surface area contributed by atoms with E-state index in [0.29, 0.717) is 13.1 Å². The molecule has 3 atom stereocenters. The van der Waals surface area contributed by atoms with Crippen molar-refractivity contribution in [2.75, 3.05) is 13.1 Å². The van der Waals surface area contributed by atoms with Gasteiger partial charge in [0.05, 0.1) is 11.7 Å². The van der Waals surface area contributed by atoms with E-state index in [0.717, 1.165) is 30.0 Å². The molecule has 0 bridgehead atoms. The molecule has 150 valence electrons. The van der Waals surface area contributed by atoms with E-state index >= 15 is 0 Å². The van der Waals surface area contributed by atoms with E-state index in [1.54, 1.807) is 17.2 Å². The average Bonchev–Trinajstić information content (AvgIpc) is 3.35. The molecule has 4 rings (SSSR count). The van der Waals surface area contributed by atoms with Crippen LogP contribution in [0, 0.1) is 11.8 Å². The second-order valence-electron chi connectivity index (χ2n) is 7.14. The fraction of sp³-hybridized carbons (Fsp3) is 0.474. The number of amides is 1. The molecule has 1 aromatic carbocycles. The smallest absolute Gasteiger partial charge is 0.416 e. The highest BCUT2D eigenvalue weighted by atomic mass is 32.1. The summed E-state index contributed by atoms with van der Waals surface area (Å²) < 4.78 is 49.6.